The minimum absolute atomic E-state index is 0.0214. The molecule has 0 aliphatic heterocycles. The second kappa shape index (κ2) is 7.33. The van der Waals surface area contributed by atoms with Gasteiger partial charge in [0, 0.05) is 24.6 Å². The normalized spacial score (nSPS) is 12.3. The Bertz CT molecular complexity index is 834. The summed E-state index contributed by atoms with van der Waals surface area (Å²) in [5, 5.41) is 11.2. The second-order valence-corrected chi connectivity index (χ2v) is 6.07. The molecule has 8 heteroatoms. The smallest absolute Gasteiger partial charge is 0.238 e. The maximum absolute atomic E-state index is 12.1. The van der Waals surface area contributed by atoms with Crippen LogP contribution < -0.4 is 5.32 Å². The second-order valence-electron chi connectivity index (χ2n) is 6.07. The first-order chi connectivity index (χ1) is 12.0. The SMILES string of the molecule is Cc1cc(C)n(C[C@H](C)NC(=O)CCc2nc(-c3ccco3)no2)n1. The van der Waals surface area contributed by atoms with Crippen molar-refractivity contribution in [2.45, 2.75) is 46.2 Å². The fourth-order valence-electron chi connectivity index (χ4n) is 2.59. The molecule has 3 heterocycles. The zero-order chi connectivity index (χ0) is 17.8. The van der Waals surface area contributed by atoms with Crippen LogP contribution in [0.1, 0.15) is 30.6 Å². The van der Waals surface area contributed by atoms with Crippen molar-refractivity contribution in [3.05, 3.63) is 41.7 Å². The number of aromatic nitrogens is 4. The average Bonchev–Trinajstić information content (AvgIpc) is 3.27. The average molecular weight is 343 g/mol. The van der Waals surface area contributed by atoms with Crippen molar-refractivity contribution in [1.82, 2.24) is 25.2 Å². The molecule has 132 valence electrons. The monoisotopic (exact) mass is 343 g/mol. The van der Waals surface area contributed by atoms with E-state index in [4.69, 9.17) is 8.94 Å². The molecule has 1 N–H and O–H groups in total. The molecule has 0 spiro atoms. The van der Waals surface area contributed by atoms with Crippen molar-refractivity contribution < 1.29 is 13.7 Å². The summed E-state index contributed by atoms with van der Waals surface area (Å²) in [6, 6.07) is 5.50. The van der Waals surface area contributed by atoms with Gasteiger partial charge in [-0.25, -0.2) is 0 Å². The Kier molecular flexibility index (Phi) is 4.97. The standard InChI is InChI=1S/C17H21N5O3/c1-11-9-13(3)22(20-11)10-12(2)18-15(23)6-7-16-19-17(21-25-16)14-5-4-8-24-14/h4-5,8-9,12H,6-7,10H2,1-3H3,(H,18,23)/t12-/m0/s1. The highest BCUT2D eigenvalue weighted by molar-refractivity contribution is 5.76. The van der Waals surface area contributed by atoms with Crippen LogP contribution in [0.2, 0.25) is 0 Å². The molecule has 0 aromatic carbocycles. The van der Waals surface area contributed by atoms with Crippen LogP contribution >= 0.6 is 0 Å². The van der Waals surface area contributed by atoms with Crippen LogP contribution in [0.5, 0.6) is 0 Å². The van der Waals surface area contributed by atoms with Crippen LogP contribution in [0.15, 0.2) is 33.4 Å². The molecular weight excluding hydrogens is 322 g/mol. The third kappa shape index (κ3) is 4.34. The summed E-state index contributed by atoms with van der Waals surface area (Å²) in [7, 11) is 0. The first kappa shape index (κ1) is 16.9. The third-order valence-corrected chi connectivity index (χ3v) is 3.73. The molecule has 0 aliphatic rings. The summed E-state index contributed by atoms with van der Waals surface area (Å²) >= 11 is 0. The van der Waals surface area contributed by atoms with Gasteiger partial charge in [-0.3, -0.25) is 9.48 Å². The molecule has 0 radical (unpaired) electrons. The molecule has 0 saturated heterocycles. The highest BCUT2D eigenvalue weighted by Crippen LogP contribution is 2.16. The number of aryl methyl sites for hydroxylation is 3. The van der Waals surface area contributed by atoms with Crippen LogP contribution in [0.4, 0.5) is 0 Å². The summed E-state index contributed by atoms with van der Waals surface area (Å²) in [6.45, 7) is 6.54. The fraction of sp³-hybridized carbons (Fsp3) is 0.412. The molecule has 3 rings (SSSR count). The highest BCUT2D eigenvalue weighted by Gasteiger charge is 2.14. The molecule has 1 atom stereocenters. The van der Waals surface area contributed by atoms with Gasteiger partial charge in [0.05, 0.1) is 18.5 Å². The molecule has 1 amide bonds. The van der Waals surface area contributed by atoms with E-state index >= 15 is 0 Å². The van der Waals surface area contributed by atoms with E-state index in [1.165, 1.54) is 0 Å². The van der Waals surface area contributed by atoms with Gasteiger partial charge in [0.2, 0.25) is 17.6 Å². The minimum atomic E-state index is -0.0632. The Balaban J connectivity index is 1.47. The maximum Gasteiger partial charge on any atom is 0.238 e. The largest absolute Gasteiger partial charge is 0.461 e. The topological polar surface area (TPSA) is 99.0 Å². The van der Waals surface area contributed by atoms with Gasteiger partial charge in [0.25, 0.3) is 0 Å². The summed E-state index contributed by atoms with van der Waals surface area (Å²) in [5.41, 5.74) is 2.05. The lowest BCUT2D eigenvalue weighted by Crippen LogP contribution is -2.36. The molecule has 3 aromatic heterocycles. The molecular formula is C17H21N5O3. The number of hydrogen-bond donors (Lipinski definition) is 1. The molecule has 0 fully saturated rings. The number of nitrogens with one attached hydrogen (secondary N) is 1. The number of furan rings is 1. The Morgan fingerprint density at radius 2 is 2.24 bits per heavy atom. The summed E-state index contributed by atoms with van der Waals surface area (Å²) in [4.78, 5) is 16.3. The third-order valence-electron chi connectivity index (χ3n) is 3.73. The van der Waals surface area contributed by atoms with Crippen LogP contribution in [0, 0.1) is 13.8 Å². The van der Waals surface area contributed by atoms with E-state index in [0.29, 0.717) is 30.4 Å². The molecule has 8 nitrogen and oxygen atoms in total. The lowest BCUT2D eigenvalue weighted by atomic mass is 10.2. The van der Waals surface area contributed by atoms with Gasteiger partial charge in [-0.1, -0.05) is 5.16 Å². The summed E-state index contributed by atoms with van der Waals surface area (Å²) in [6.07, 6.45) is 2.20. The summed E-state index contributed by atoms with van der Waals surface area (Å²) < 4.78 is 12.2. The van der Waals surface area contributed by atoms with E-state index in [9.17, 15) is 4.79 Å². The van der Waals surface area contributed by atoms with E-state index in [2.05, 4.69) is 20.6 Å². The van der Waals surface area contributed by atoms with Gasteiger partial charge >= 0.3 is 0 Å². The van der Waals surface area contributed by atoms with Crippen molar-refractivity contribution in [2.75, 3.05) is 0 Å². The van der Waals surface area contributed by atoms with Gasteiger partial charge in [0.1, 0.15) is 0 Å². The number of amides is 1. The Morgan fingerprint density at radius 1 is 1.40 bits per heavy atom. The zero-order valence-electron chi connectivity index (χ0n) is 14.5. The van der Waals surface area contributed by atoms with Crippen LogP contribution in [-0.4, -0.2) is 31.9 Å². The Morgan fingerprint density at radius 3 is 2.92 bits per heavy atom. The number of carbonyl (C=O) groups excluding carboxylic acids is 1. The molecule has 0 bridgehead atoms. The van der Waals surface area contributed by atoms with Gasteiger partial charge in [-0.05, 0) is 39.0 Å². The predicted molar refractivity (Wildman–Crippen MR) is 89.6 cm³/mol. The number of hydrogen-bond acceptors (Lipinski definition) is 6. The van der Waals surface area contributed by atoms with Crippen molar-refractivity contribution in [3.63, 3.8) is 0 Å². The van der Waals surface area contributed by atoms with E-state index < -0.39 is 0 Å². The van der Waals surface area contributed by atoms with Crippen molar-refractivity contribution in [2.24, 2.45) is 0 Å². The van der Waals surface area contributed by atoms with Crippen molar-refractivity contribution >= 4 is 5.91 Å². The first-order valence-corrected chi connectivity index (χ1v) is 8.18. The molecule has 3 aromatic rings. The van der Waals surface area contributed by atoms with Crippen LogP contribution in [-0.2, 0) is 17.8 Å². The molecule has 0 saturated carbocycles. The number of nitrogens with zero attached hydrogens (tertiary/aromatic N) is 4. The maximum atomic E-state index is 12.1. The number of carbonyl (C=O) groups is 1. The molecule has 25 heavy (non-hydrogen) atoms. The van der Waals surface area contributed by atoms with Crippen LogP contribution in [0.25, 0.3) is 11.6 Å². The molecule has 0 aliphatic carbocycles. The Hall–Kier alpha value is -2.90. The van der Waals surface area contributed by atoms with Crippen molar-refractivity contribution in [3.8, 4) is 11.6 Å². The zero-order valence-corrected chi connectivity index (χ0v) is 14.5. The quantitative estimate of drug-likeness (QED) is 0.706. The van der Waals surface area contributed by atoms with Crippen molar-refractivity contribution in [1.29, 1.82) is 0 Å². The lowest BCUT2D eigenvalue weighted by Gasteiger charge is -2.14. The van der Waals surface area contributed by atoms with E-state index in [1.807, 2.05) is 31.5 Å². The van der Waals surface area contributed by atoms with E-state index in [-0.39, 0.29) is 18.4 Å². The minimum Gasteiger partial charge on any atom is -0.461 e. The van der Waals surface area contributed by atoms with Crippen LogP contribution in [0.3, 0.4) is 0 Å². The van der Waals surface area contributed by atoms with Gasteiger partial charge in [0.15, 0.2) is 5.76 Å². The predicted octanol–water partition coefficient (Wildman–Crippen LogP) is 2.28. The molecule has 0 unspecified atom stereocenters. The van der Waals surface area contributed by atoms with E-state index in [1.54, 1.807) is 18.4 Å². The summed E-state index contributed by atoms with van der Waals surface area (Å²) in [5.74, 6) is 1.27. The Labute approximate surface area is 145 Å². The van der Waals surface area contributed by atoms with E-state index in [0.717, 1.165) is 11.4 Å². The fourth-order valence-corrected chi connectivity index (χ4v) is 2.59. The highest BCUT2D eigenvalue weighted by atomic mass is 16.5. The van der Waals surface area contributed by atoms with Gasteiger partial charge < -0.3 is 14.3 Å². The first-order valence-electron chi connectivity index (χ1n) is 8.18. The lowest BCUT2D eigenvalue weighted by molar-refractivity contribution is -0.121. The van der Waals surface area contributed by atoms with Gasteiger partial charge in [-0.15, -0.1) is 0 Å². The number of rotatable bonds is 7. The van der Waals surface area contributed by atoms with Gasteiger partial charge in [-0.2, -0.15) is 10.1 Å².